The second-order valence-corrected chi connectivity index (χ2v) is 1.94. The van der Waals surface area contributed by atoms with Crippen LogP contribution < -0.4 is 0 Å². The Balaban J connectivity index is 2.57. The van der Waals surface area contributed by atoms with E-state index in [1.807, 2.05) is 12.1 Å². The van der Waals surface area contributed by atoms with E-state index in [1.54, 1.807) is 0 Å². The fourth-order valence-corrected chi connectivity index (χ4v) is 0.849. The minimum atomic E-state index is -0.477. The molecule has 0 radical (unpaired) electrons. The smallest absolute Gasteiger partial charge is 0.159 e. The van der Waals surface area contributed by atoms with Crippen LogP contribution in [-0.4, -0.2) is 12.7 Å². The van der Waals surface area contributed by atoms with Crippen molar-refractivity contribution in [2.24, 2.45) is 5.92 Å². The van der Waals surface area contributed by atoms with Gasteiger partial charge in [0, 0.05) is 6.61 Å². The summed E-state index contributed by atoms with van der Waals surface area (Å²) in [5.74, 6) is -0.199. The van der Waals surface area contributed by atoms with Crippen LogP contribution in [0.25, 0.3) is 0 Å². The topological polar surface area (TPSA) is 56.8 Å². The fourth-order valence-electron chi connectivity index (χ4n) is 0.849. The van der Waals surface area contributed by atoms with Gasteiger partial charge >= 0.3 is 0 Å². The molecule has 3 nitrogen and oxygen atoms in total. The van der Waals surface area contributed by atoms with Crippen LogP contribution in [0.15, 0.2) is 0 Å². The first kappa shape index (κ1) is 6.07. The molecule has 3 heteroatoms. The third-order valence-corrected chi connectivity index (χ3v) is 1.38. The Morgan fingerprint density at radius 3 is 2.56 bits per heavy atom. The molecule has 1 fully saturated rings. The quantitative estimate of drug-likeness (QED) is 0.468. The van der Waals surface area contributed by atoms with E-state index in [2.05, 4.69) is 0 Å². The van der Waals surface area contributed by atoms with E-state index in [0.29, 0.717) is 13.0 Å². The van der Waals surface area contributed by atoms with Gasteiger partial charge in [-0.05, 0) is 6.42 Å². The van der Waals surface area contributed by atoms with Crippen LogP contribution in [0.1, 0.15) is 6.42 Å². The predicted molar refractivity (Wildman–Crippen MR) is 29.1 cm³/mol. The molecule has 2 atom stereocenters. The minimum absolute atomic E-state index is 0.199. The van der Waals surface area contributed by atoms with Crippen LogP contribution in [0.4, 0.5) is 0 Å². The van der Waals surface area contributed by atoms with Gasteiger partial charge in [-0.3, -0.25) is 0 Å². The highest BCUT2D eigenvalue weighted by molar-refractivity contribution is 5.02. The zero-order chi connectivity index (χ0) is 6.69. The van der Waals surface area contributed by atoms with E-state index >= 15 is 0 Å². The molecule has 46 valence electrons. The van der Waals surface area contributed by atoms with Crippen molar-refractivity contribution in [1.82, 2.24) is 0 Å². The summed E-state index contributed by atoms with van der Waals surface area (Å²) in [5, 5.41) is 16.7. The lowest BCUT2D eigenvalue weighted by molar-refractivity contribution is 0.142. The third-order valence-electron chi connectivity index (χ3n) is 1.38. The molecule has 0 aromatic carbocycles. The molecule has 1 rings (SSSR count). The molecule has 2 unspecified atom stereocenters. The molecular weight excluding hydrogens is 116 g/mol. The number of nitriles is 2. The van der Waals surface area contributed by atoms with Gasteiger partial charge < -0.3 is 4.74 Å². The third kappa shape index (κ3) is 1.01. The van der Waals surface area contributed by atoms with Gasteiger partial charge in [0.2, 0.25) is 0 Å². The van der Waals surface area contributed by atoms with Crippen molar-refractivity contribution in [3.8, 4) is 12.1 Å². The molecule has 9 heavy (non-hydrogen) atoms. The van der Waals surface area contributed by atoms with Gasteiger partial charge in [-0.2, -0.15) is 10.5 Å². The second kappa shape index (κ2) is 2.48. The van der Waals surface area contributed by atoms with Crippen molar-refractivity contribution in [2.75, 3.05) is 6.61 Å². The number of rotatable bonds is 0. The normalized spacial score (nSPS) is 33.1. The minimum Gasteiger partial charge on any atom is -0.362 e. The lowest BCUT2D eigenvalue weighted by atomic mass is 10.1. The zero-order valence-electron chi connectivity index (χ0n) is 4.87. The summed E-state index contributed by atoms with van der Waals surface area (Å²) >= 11 is 0. The van der Waals surface area contributed by atoms with Crippen molar-refractivity contribution < 1.29 is 4.74 Å². The summed E-state index contributed by atoms with van der Waals surface area (Å²) in [4.78, 5) is 0. The largest absolute Gasteiger partial charge is 0.362 e. The summed E-state index contributed by atoms with van der Waals surface area (Å²) < 4.78 is 4.92. The van der Waals surface area contributed by atoms with Crippen molar-refractivity contribution in [3.05, 3.63) is 0 Å². The number of nitrogens with zero attached hydrogens (tertiary/aromatic N) is 2. The van der Waals surface area contributed by atoms with Gasteiger partial charge in [0.25, 0.3) is 0 Å². The molecule has 0 N–H and O–H groups in total. The van der Waals surface area contributed by atoms with E-state index in [-0.39, 0.29) is 5.92 Å². The van der Waals surface area contributed by atoms with Gasteiger partial charge in [-0.1, -0.05) is 0 Å². The van der Waals surface area contributed by atoms with Gasteiger partial charge in [0.15, 0.2) is 6.10 Å². The van der Waals surface area contributed by atoms with Gasteiger partial charge in [0.05, 0.1) is 18.1 Å². The van der Waals surface area contributed by atoms with E-state index in [0.717, 1.165) is 0 Å². The summed E-state index contributed by atoms with van der Waals surface area (Å²) in [5.41, 5.74) is 0. The SMILES string of the molecule is N#CC1CCOC1C#N. The molecule has 1 aliphatic rings. The van der Waals surface area contributed by atoms with Crippen LogP contribution in [0.3, 0.4) is 0 Å². The molecule has 1 aliphatic heterocycles. The number of hydrogen-bond donors (Lipinski definition) is 0. The molecule has 0 aliphatic carbocycles. The maximum atomic E-state index is 8.39. The van der Waals surface area contributed by atoms with Gasteiger partial charge in [0.1, 0.15) is 0 Å². The molecule has 0 amide bonds. The van der Waals surface area contributed by atoms with E-state index in [4.69, 9.17) is 15.3 Å². The van der Waals surface area contributed by atoms with E-state index < -0.39 is 6.10 Å². The summed E-state index contributed by atoms with van der Waals surface area (Å²) in [6, 6.07) is 3.94. The highest BCUT2D eigenvalue weighted by Crippen LogP contribution is 2.18. The highest BCUT2D eigenvalue weighted by Gasteiger charge is 2.27. The van der Waals surface area contributed by atoms with Crippen LogP contribution in [0, 0.1) is 28.6 Å². The standard InChI is InChI=1S/C6H6N2O/c7-3-5-1-2-9-6(5)4-8/h5-6H,1-2H2. The molecule has 0 bridgehead atoms. The second-order valence-electron chi connectivity index (χ2n) is 1.94. The van der Waals surface area contributed by atoms with Crippen LogP contribution in [-0.2, 0) is 4.74 Å². The van der Waals surface area contributed by atoms with E-state index in [9.17, 15) is 0 Å². The predicted octanol–water partition coefficient (Wildman–Crippen LogP) is 0.439. The number of ether oxygens (including phenoxy) is 1. The Hall–Kier alpha value is -1.06. The average Bonchev–Trinajstić information content (AvgIpc) is 2.33. The molecule has 1 saturated heterocycles. The van der Waals surface area contributed by atoms with Crippen molar-refractivity contribution in [3.63, 3.8) is 0 Å². The lowest BCUT2D eigenvalue weighted by Gasteiger charge is -1.98. The summed E-state index contributed by atoms with van der Waals surface area (Å²) in [7, 11) is 0. The van der Waals surface area contributed by atoms with Crippen molar-refractivity contribution in [1.29, 1.82) is 10.5 Å². The van der Waals surface area contributed by atoms with Crippen molar-refractivity contribution in [2.45, 2.75) is 12.5 Å². The lowest BCUT2D eigenvalue weighted by Crippen LogP contribution is -2.10. The maximum absolute atomic E-state index is 8.39. The first-order chi connectivity index (χ1) is 4.38. The van der Waals surface area contributed by atoms with Gasteiger partial charge in [-0.15, -0.1) is 0 Å². The van der Waals surface area contributed by atoms with Crippen LogP contribution >= 0.6 is 0 Å². The maximum Gasteiger partial charge on any atom is 0.159 e. The van der Waals surface area contributed by atoms with Gasteiger partial charge in [-0.25, -0.2) is 0 Å². The Kier molecular flexibility index (Phi) is 1.67. The molecule has 0 spiro atoms. The highest BCUT2D eigenvalue weighted by atomic mass is 16.5. The molecule has 0 aromatic heterocycles. The first-order valence-electron chi connectivity index (χ1n) is 2.79. The van der Waals surface area contributed by atoms with Crippen LogP contribution in [0.5, 0.6) is 0 Å². The molecule has 0 saturated carbocycles. The van der Waals surface area contributed by atoms with E-state index in [1.165, 1.54) is 0 Å². The fraction of sp³-hybridized carbons (Fsp3) is 0.667. The van der Waals surface area contributed by atoms with Crippen LogP contribution in [0.2, 0.25) is 0 Å². The number of hydrogen-bond acceptors (Lipinski definition) is 3. The zero-order valence-corrected chi connectivity index (χ0v) is 4.87. The Morgan fingerprint density at radius 1 is 1.33 bits per heavy atom. The Labute approximate surface area is 53.5 Å². The Bertz CT molecular complexity index is 156. The average molecular weight is 122 g/mol. The first-order valence-corrected chi connectivity index (χ1v) is 2.79. The summed E-state index contributed by atoms with van der Waals surface area (Å²) in [6.07, 6.45) is 0.226. The molecule has 1 heterocycles. The van der Waals surface area contributed by atoms with Crippen molar-refractivity contribution >= 4 is 0 Å². The molecule has 0 aromatic rings. The summed E-state index contributed by atoms with van der Waals surface area (Å²) in [6.45, 7) is 0.552. The molecular formula is C6H6N2O. The Morgan fingerprint density at radius 2 is 2.11 bits per heavy atom. The monoisotopic (exact) mass is 122 g/mol.